The molecule has 0 aliphatic heterocycles. The summed E-state index contributed by atoms with van der Waals surface area (Å²) in [5.41, 5.74) is 3.55. The van der Waals surface area contributed by atoms with Crippen LogP contribution in [-0.2, 0) is 10.0 Å². The number of methoxy groups -OCH3 is 3. The Bertz CT molecular complexity index is 1790. The van der Waals surface area contributed by atoms with Crippen molar-refractivity contribution in [3.63, 3.8) is 0 Å². The largest absolute Gasteiger partial charge is 0.493 e. The second-order valence-electron chi connectivity index (χ2n) is 8.79. The van der Waals surface area contributed by atoms with Gasteiger partial charge in [-0.25, -0.2) is 16.8 Å². The number of nitrogens with zero attached hydrogens (tertiary/aromatic N) is 1. The van der Waals surface area contributed by atoms with Crippen molar-refractivity contribution in [1.82, 2.24) is 3.97 Å². The van der Waals surface area contributed by atoms with Crippen molar-refractivity contribution in [2.75, 3.05) is 21.3 Å². The highest BCUT2D eigenvalue weighted by molar-refractivity contribution is 7.90. The average molecular weight is 544 g/mol. The summed E-state index contributed by atoms with van der Waals surface area (Å²) < 4.78 is 59.5. The molecule has 0 atom stereocenters. The fraction of sp³-hybridized carbons (Fsp3) is 0.0968. The molecule has 5 rings (SSSR count). The molecule has 0 N–H and O–H groups in total. The van der Waals surface area contributed by atoms with Crippen molar-refractivity contribution in [2.45, 2.75) is 4.90 Å². The summed E-state index contributed by atoms with van der Waals surface area (Å²) in [6.45, 7) is 4.28. The van der Waals surface area contributed by atoms with Crippen LogP contribution < -0.4 is 14.2 Å². The maximum absolute atomic E-state index is 14.1. The Kier molecular flexibility index (Phi) is 6.89. The van der Waals surface area contributed by atoms with Crippen LogP contribution in [0.1, 0.15) is 11.1 Å². The molecule has 8 heteroatoms. The van der Waals surface area contributed by atoms with E-state index in [0.717, 1.165) is 11.1 Å². The SMILES string of the molecule is C=C(c1cccc(-c2cc3cc(F)ccc3n2S(=O)(=O)c2ccccc2)c1)c1cc(OC)c(OC)c(OC)c1. The molecule has 6 nitrogen and oxygen atoms in total. The maximum atomic E-state index is 14.1. The first-order chi connectivity index (χ1) is 18.8. The summed E-state index contributed by atoms with van der Waals surface area (Å²) in [5.74, 6) is 0.988. The Balaban J connectivity index is 1.67. The lowest BCUT2D eigenvalue weighted by atomic mass is 9.96. The molecule has 5 aromatic rings. The van der Waals surface area contributed by atoms with Crippen molar-refractivity contribution >= 4 is 26.5 Å². The molecule has 0 amide bonds. The first-order valence-electron chi connectivity index (χ1n) is 12.0. The van der Waals surface area contributed by atoms with E-state index in [1.54, 1.807) is 50.6 Å². The lowest BCUT2D eigenvalue weighted by Crippen LogP contribution is -2.14. The van der Waals surface area contributed by atoms with E-state index < -0.39 is 15.8 Å². The zero-order valence-electron chi connectivity index (χ0n) is 21.6. The molecule has 0 bridgehead atoms. The van der Waals surface area contributed by atoms with Gasteiger partial charge < -0.3 is 14.2 Å². The number of aromatic nitrogens is 1. The Morgan fingerprint density at radius 2 is 1.46 bits per heavy atom. The molecule has 0 aliphatic carbocycles. The monoisotopic (exact) mass is 543 g/mol. The van der Waals surface area contributed by atoms with Gasteiger partial charge in [0.1, 0.15) is 5.82 Å². The van der Waals surface area contributed by atoms with E-state index in [1.807, 2.05) is 24.3 Å². The maximum Gasteiger partial charge on any atom is 0.268 e. The van der Waals surface area contributed by atoms with Gasteiger partial charge in [-0.15, -0.1) is 0 Å². The van der Waals surface area contributed by atoms with Crippen LogP contribution >= 0.6 is 0 Å². The first kappa shape index (κ1) is 26.1. The minimum Gasteiger partial charge on any atom is -0.493 e. The number of hydrogen-bond acceptors (Lipinski definition) is 5. The van der Waals surface area contributed by atoms with E-state index in [0.29, 0.717) is 45.0 Å². The van der Waals surface area contributed by atoms with E-state index in [1.165, 1.54) is 41.4 Å². The van der Waals surface area contributed by atoms with Crippen LogP contribution in [0.15, 0.2) is 102 Å². The lowest BCUT2D eigenvalue weighted by Gasteiger charge is -2.16. The molecule has 1 aromatic heterocycles. The van der Waals surface area contributed by atoms with Gasteiger partial charge in [0.15, 0.2) is 11.5 Å². The smallest absolute Gasteiger partial charge is 0.268 e. The highest BCUT2D eigenvalue weighted by Crippen LogP contribution is 2.41. The van der Waals surface area contributed by atoms with Crippen LogP contribution in [0.3, 0.4) is 0 Å². The minimum atomic E-state index is -4.00. The highest BCUT2D eigenvalue weighted by atomic mass is 32.2. The van der Waals surface area contributed by atoms with Crippen molar-refractivity contribution in [3.05, 3.63) is 115 Å². The molecular weight excluding hydrogens is 517 g/mol. The van der Waals surface area contributed by atoms with E-state index in [2.05, 4.69) is 6.58 Å². The summed E-state index contributed by atoms with van der Waals surface area (Å²) in [4.78, 5) is 0.131. The van der Waals surface area contributed by atoms with E-state index in [-0.39, 0.29) is 4.90 Å². The average Bonchev–Trinajstić information content (AvgIpc) is 3.36. The van der Waals surface area contributed by atoms with Gasteiger partial charge in [0.2, 0.25) is 5.75 Å². The van der Waals surface area contributed by atoms with Crippen molar-refractivity contribution in [1.29, 1.82) is 0 Å². The van der Waals surface area contributed by atoms with Gasteiger partial charge >= 0.3 is 0 Å². The third-order valence-electron chi connectivity index (χ3n) is 6.52. The number of rotatable bonds is 8. The van der Waals surface area contributed by atoms with E-state index in [9.17, 15) is 12.8 Å². The minimum absolute atomic E-state index is 0.131. The highest BCUT2D eigenvalue weighted by Gasteiger charge is 2.24. The van der Waals surface area contributed by atoms with Crippen LogP contribution in [0.5, 0.6) is 17.2 Å². The normalized spacial score (nSPS) is 11.4. The summed E-state index contributed by atoms with van der Waals surface area (Å²) in [6.07, 6.45) is 0. The van der Waals surface area contributed by atoms with Gasteiger partial charge in [0.05, 0.1) is 37.4 Å². The molecule has 1 heterocycles. The second-order valence-corrected chi connectivity index (χ2v) is 10.6. The summed E-state index contributed by atoms with van der Waals surface area (Å²) >= 11 is 0. The zero-order chi connectivity index (χ0) is 27.7. The van der Waals surface area contributed by atoms with Crippen LogP contribution in [0.2, 0.25) is 0 Å². The van der Waals surface area contributed by atoms with Crippen LogP contribution in [0.4, 0.5) is 4.39 Å². The molecule has 0 saturated heterocycles. The standard InChI is InChI=1S/C31H26FNO5S/c1-20(23-18-29(36-2)31(38-4)30(19-23)37-3)21-9-8-10-22(15-21)28-17-24-16-25(32)13-14-27(24)33(28)39(34,35)26-11-6-5-7-12-26/h5-19H,1H2,2-4H3. The Morgan fingerprint density at radius 1 is 0.769 bits per heavy atom. The molecule has 0 radical (unpaired) electrons. The molecule has 0 unspecified atom stereocenters. The number of ether oxygens (including phenoxy) is 3. The van der Waals surface area contributed by atoms with E-state index in [4.69, 9.17) is 14.2 Å². The third kappa shape index (κ3) is 4.64. The zero-order valence-corrected chi connectivity index (χ0v) is 22.5. The Labute approximate surface area is 226 Å². The molecule has 39 heavy (non-hydrogen) atoms. The van der Waals surface area contributed by atoms with Gasteiger partial charge in [-0.1, -0.05) is 43.0 Å². The lowest BCUT2D eigenvalue weighted by molar-refractivity contribution is 0.324. The van der Waals surface area contributed by atoms with Crippen LogP contribution in [0.25, 0.3) is 27.7 Å². The summed E-state index contributed by atoms with van der Waals surface area (Å²) in [6, 6.07) is 24.9. The van der Waals surface area contributed by atoms with Gasteiger partial charge in [0, 0.05) is 5.39 Å². The van der Waals surface area contributed by atoms with Crippen molar-refractivity contribution < 1.29 is 27.0 Å². The van der Waals surface area contributed by atoms with E-state index >= 15 is 0 Å². The summed E-state index contributed by atoms with van der Waals surface area (Å²) in [7, 11) is 0.616. The molecular formula is C31H26FNO5S. The number of benzene rings is 4. The predicted molar refractivity (Wildman–Crippen MR) is 151 cm³/mol. The van der Waals surface area contributed by atoms with Crippen molar-refractivity contribution in [2.24, 2.45) is 0 Å². The van der Waals surface area contributed by atoms with Gasteiger partial charge in [-0.2, -0.15) is 0 Å². The fourth-order valence-electron chi connectivity index (χ4n) is 4.61. The number of hydrogen-bond donors (Lipinski definition) is 0. The van der Waals surface area contributed by atoms with Crippen molar-refractivity contribution in [3.8, 4) is 28.5 Å². The molecule has 4 aromatic carbocycles. The Morgan fingerprint density at radius 3 is 2.10 bits per heavy atom. The topological polar surface area (TPSA) is 66.8 Å². The Hall–Kier alpha value is -4.56. The number of fused-ring (bicyclic) bond motifs is 1. The van der Waals surface area contributed by atoms with Gasteiger partial charge in [-0.05, 0) is 76.9 Å². The molecule has 198 valence electrons. The number of halogens is 1. The summed E-state index contributed by atoms with van der Waals surface area (Å²) in [5, 5.41) is 0.471. The quantitative estimate of drug-likeness (QED) is 0.216. The second kappa shape index (κ2) is 10.3. The van der Waals surface area contributed by atoms with Crippen LogP contribution in [0, 0.1) is 5.82 Å². The molecule has 0 fully saturated rings. The molecule has 0 saturated carbocycles. The predicted octanol–water partition coefficient (Wildman–Crippen LogP) is 6.77. The van der Waals surface area contributed by atoms with Gasteiger partial charge in [0.25, 0.3) is 10.0 Å². The first-order valence-corrected chi connectivity index (χ1v) is 13.4. The fourth-order valence-corrected chi connectivity index (χ4v) is 6.16. The molecule has 0 aliphatic rings. The van der Waals surface area contributed by atoms with Crippen LogP contribution in [-0.4, -0.2) is 33.7 Å². The molecule has 0 spiro atoms. The third-order valence-corrected chi connectivity index (χ3v) is 8.26. The van der Waals surface area contributed by atoms with Gasteiger partial charge in [-0.3, -0.25) is 0 Å².